The fourth-order valence-electron chi connectivity index (χ4n) is 3.94. The van der Waals surface area contributed by atoms with E-state index in [0.29, 0.717) is 17.1 Å². The minimum Gasteiger partial charge on any atom is -0.462 e. The molecular formula is C23H32BrN3O3S2. The molecule has 0 spiro atoms. The molecule has 176 valence electrons. The van der Waals surface area contributed by atoms with Gasteiger partial charge >= 0.3 is 12.0 Å². The monoisotopic (exact) mass is 541 g/mol. The highest BCUT2D eigenvalue weighted by atomic mass is 79.9. The fraction of sp³-hybridized carbons (Fsp3) is 0.565. The van der Waals surface area contributed by atoms with E-state index in [2.05, 4.69) is 45.0 Å². The van der Waals surface area contributed by atoms with Crippen molar-refractivity contribution in [3.63, 3.8) is 0 Å². The van der Waals surface area contributed by atoms with Crippen molar-refractivity contribution in [3.05, 3.63) is 42.5 Å². The molecule has 2 aliphatic rings. The van der Waals surface area contributed by atoms with E-state index in [1.807, 2.05) is 0 Å². The first-order valence-corrected chi connectivity index (χ1v) is 13.8. The van der Waals surface area contributed by atoms with Gasteiger partial charge in [-0.1, -0.05) is 19.9 Å². The number of thiophene rings is 1. The van der Waals surface area contributed by atoms with Gasteiger partial charge in [0.1, 0.15) is 0 Å². The number of amides is 2. The van der Waals surface area contributed by atoms with Crippen LogP contribution in [0.4, 0.5) is 4.79 Å². The van der Waals surface area contributed by atoms with Gasteiger partial charge in [-0.25, -0.2) is 9.59 Å². The first kappa shape index (κ1) is 25.3. The van der Waals surface area contributed by atoms with Crippen LogP contribution in [0, 0.1) is 0 Å². The largest absolute Gasteiger partial charge is 0.462 e. The second-order valence-electron chi connectivity index (χ2n) is 7.87. The molecule has 2 amide bonds. The van der Waals surface area contributed by atoms with Crippen LogP contribution in [-0.2, 0) is 29.0 Å². The number of hydrogen-bond acceptors (Lipinski definition) is 6. The molecule has 0 saturated heterocycles. The second kappa shape index (κ2) is 12.3. The molecule has 32 heavy (non-hydrogen) atoms. The fourth-order valence-corrected chi connectivity index (χ4v) is 7.12. The van der Waals surface area contributed by atoms with Crippen LogP contribution < -0.4 is 10.6 Å². The standard InChI is InChI=1S/C23H32BrN3O3S2/c1-4-27-11-10-16-17(20(24)32-18(16)14-27)13-25-23(29)26-21-19(22(28)30-5-2)15(3)9-7-6-8-12-31-21/h3-14H2,1-2H3,(H2,25,26,29). The van der Waals surface area contributed by atoms with Crippen LogP contribution in [0.1, 0.15) is 55.5 Å². The predicted octanol–water partition coefficient (Wildman–Crippen LogP) is 5.33. The molecule has 3 rings (SSSR count). The van der Waals surface area contributed by atoms with Gasteiger partial charge in [0.2, 0.25) is 0 Å². The highest BCUT2D eigenvalue weighted by molar-refractivity contribution is 9.11. The van der Waals surface area contributed by atoms with Crippen molar-refractivity contribution in [2.45, 2.75) is 59.0 Å². The second-order valence-corrected chi connectivity index (χ2v) is 11.4. The van der Waals surface area contributed by atoms with E-state index in [9.17, 15) is 9.59 Å². The lowest BCUT2D eigenvalue weighted by Crippen LogP contribution is -2.36. The van der Waals surface area contributed by atoms with E-state index in [-0.39, 0.29) is 12.6 Å². The summed E-state index contributed by atoms with van der Waals surface area (Å²) < 4.78 is 6.34. The topological polar surface area (TPSA) is 70.7 Å². The van der Waals surface area contributed by atoms with Crippen molar-refractivity contribution < 1.29 is 14.3 Å². The van der Waals surface area contributed by atoms with Crippen molar-refractivity contribution in [2.24, 2.45) is 0 Å². The molecule has 0 fully saturated rings. The maximum atomic E-state index is 12.8. The summed E-state index contributed by atoms with van der Waals surface area (Å²) in [6.45, 7) is 11.9. The maximum Gasteiger partial charge on any atom is 0.341 e. The van der Waals surface area contributed by atoms with Gasteiger partial charge in [0, 0.05) is 24.5 Å². The van der Waals surface area contributed by atoms with Crippen LogP contribution >= 0.6 is 39.0 Å². The van der Waals surface area contributed by atoms with Crippen LogP contribution in [0.5, 0.6) is 0 Å². The Bertz CT molecular complexity index is 897. The summed E-state index contributed by atoms with van der Waals surface area (Å²) in [5.74, 6) is 0.417. The molecular weight excluding hydrogens is 510 g/mol. The number of likely N-dealkylation sites (N-methyl/N-ethyl adjacent to an activating group) is 1. The predicted molar refractivity (Wildman–Crippen MR) is 136 cm³/mol. The summed E-state index contributed by atoms with van der Waals surface area (Å²) in [6.07, 6.45) is 4.81. The molecule has 3 heterocycles. The summed E-state index contributed by atoms with van der Waals surface area (Å²) in [4.78, 5) is 29.3. The summed E-state index contributed by atoms with van der Waals surface area (Å²) >= 11 is 6.94. The highest BCUT2D eigenvalue weighted by Gasteiger charge is 2.25. The molecule has 1 aromatic heterocycles. The van der Waals surface area contributed by atoms with Crippen LogP contribution in [0.15, 0.2) is 26.5 Å². The van der Waals surface area contributed by atoms with Gasteiger partial charge in [0.25, 0.3) is 0 Å². The molecule has 1 aromatic rings. The maximum absolute atomic E-state index is 12.8. The lowest BCUT2D eigenvalue weighted by atomic mass is 10.0. The lowest BCUT2D eigenvalue weighted by molar-refractivity contribution is -0.138. The summed E-state index contributed by atoms with van der Waals surface area (Å²) in [5, 5.41) is 6.45. The summed E-state index contributed by atoms with van der Waals surface area (Å²) in [5.41, 5.74) is 3.64. The quantitative estimate of drug-likeness (QED) is 0.476. The molecule has 2 N–H and O–H groups in total. The Labute approximate surface area is 207 Å². The number of ether oxygens (including phenoxy) is 1. The van der Waals surface area contributed by atoms with E-state index in [1.165, 1.54) is 22.2 Å². The average Bonchev–Trinajstić information content (AvgIpc) is 3.11. The Morgan fingerprint density at radius 3 is 2.78 bits per heavy atom. The van der Waals surface area contributed by atoms with Crippen LogP contribution in [0.2, 0.25) is 0 Å². The van der Waals surface area contributed by atoms with Crippen LogP contribution in [0.3, 0.4) is 0 Å². The Kier molecular flexibility index (Phi) is 9.70. The summed E-state index contributed by atoms with van der Waals surface area (Å²) in [6, 6.07) is -0.320. The van der Waals surface area contributed by atoms with Gasteiger partial charge in [0.15, 0.2) is 0 Å². The van der Waals surface area contributed by atoms with Gasteiger partial charge < -0.3 is 15.4 Å². The average molecular weight is 543 g/mol. The number of esters is 1. The van der Waals surface area contributed by atoms with E-state index < -0.39 is 5.97 Å². The Morgan fingerprint density at radius 1 is 1.22 bits per heavy atom. The minimum absolute atomic E-state index is 0.284. The van der Waals surface area contributed by atoms with Gasteiger partial charge in [-0.15, -0.1) is 23.1 Å². The Balaban J connectivity index is 1.72. The van der Waals surface area contributed by atoms with Crippen molar-refractivity contribution in [1.82, 2.24) is 15.5 Å². The third kappa shape index (κ3) is 6.40. The lowest BCUT2D eigenvalue weighted by Gasteiger charge is -2.25. The van der Waals surface area contributed by atoms with Crippen molar-refractivity contribution >= 4 is 51.0 Å². The molecule has 2 aliphatic heterocycles. The molecule has 0 atom stereocenters. The third-order valence-electron chi connectivity index (χ3n) is 5.73. The Hall–Kier alpha value is -1.29. The zero-order valence-electron chi connectivity index (χ0n) is 18.9. The first-order valence-electron chi connectivity index (χ1n) is 11.2. The number of thioether (sulfide) groups is 1. The molecule has 6 nitrogen and oxygen atoms in total. The number of rotatable bonds is 6. The molecule has 0 aliphatic carbocycles. The van der Waals surface area contributed by atoms with Gasteiger partial charge in [0.05, 0.1) is 21.0 Å². The first-order chi connectivity index (χ1) is 15.4. The van der Waals surface area contributed by atoms with Crippen LogP contribution in [-0.4, -0.2) is 42.3 Å². The number of urea groups is 1. The molecule has 0 radical (unpaired) electrons. The molecule has 0 bridgehead atoms. The number of halogens is 1. The smallest absolute Gasteiger partial charge is 0.341 e. The molecule has 0 unspecified atom stereocenters. The third-order valence-corrected chi connectivity index (χ3v) is 8.83. The number of nitrogens with one attached hydrogen (secondary N) is 2. The molecule has 9 heteroatoms. The normalized spacial score (nSPS) is 17.8. The zero-order chi connectivity index (χ0) is 23.1. The molecule has 0 aromatic carbocycles. The van der Waals surface area contributed by atoms with Crippen molar-refractivity contribution in [3.8, 4) is 0 Å². The van der Waals surface area contributed by atoms with Crippen molar-refractivity contribution in [2.75, 3.05) is 25.4 Å². The number of hydrogen-bond donors (Lipinski definition) is 2. The number of carbonyl (C=O) groups excluding carboxylic acids is 2. The SMILES string of the molecule is C=C1CCCCCSC(NC(=O)NCc2c(Br)sc3c2CCN(CC)C3)=C1C(=O)OCC. The van der Waals surface area contributed by atoms with E-state index in [1.54, 1.807) is 18.3 Å². The highest BCUT2D eigenvalue weighted by Crippen LogP contribution is 2.36. The molecule has 0 saturated carbocycles. The van der Waals surface area contributed by atoms with E-state index in [4.69, 9.17) is 4.74 Å². The van der Waals surface area contributed by atoms with Crippen molar-refractivity contribution in [1.29, 1.82) is 0 Å². The van der Waals surface area contributed by atoms with Gasteiger partial charge in [-0.05, 0) is 77.5 Å². The number of nitrogens with zero attached hydrogens (tertiary/aromatic N) is 1. The summed E-state index contributed by atoms with van der Waals surface area (Å²) in [7, 11) is 0. The number of carbonyl (C=O) groups is 2. The van der Waals surface area contributed by atoms with E-state index >= 15 is 0 Å². The Morgan fingerprint density at radius 2 is 2.03 bits per heavy atom. The minimum atomic E-state index is -0.419. The number of fused-ring (bicyclic) bond motifs is 1. The van der Waals surface area contributed by atoms with Gasteiger partial charge in [-0.3, -0.25) is 4.90 Å². The van der Waals surface area contributed by atoms with Gasteiger partial charge in [-0.2, -0.15) is 0 Å². The van der Waals surface area contributed by atoms with Crippen LogP contribution in [0.25, 0.3) is 0 Å². The zero-order valence-corrected chi connectivity index (χ0v) is 22.1. The van der Waals surface area contributed by atoms with E-state index in [0.717, 1.165) is 72.4 Å².